The minimum Gasteiger partial charge on any atom is -0.382 e. The average Bonchev–Trinajstić information content (AvgIpc) is 2.93. The molecule has 3 aromatic heterocycles. The first-order chi connectivity index (χ1) is 18.7. The molecular weight excluding hydrogens is 516 g/mol. The summed E-state index contributed by atoms with van der Waals surface area (Å²) in [5.74, 6) is 6.65. The first-order valence-electron chi connectivity index (χ1n) is 11.7. The SMILES string of the molecule is CC(Nc1ncnc(N)c1C#Cc1cnccn1)c1nc2cccc(S(C)(=O)=O)c2c(=O)n1-c1ccccc1. The van der Waals surface area contributed by atoms with Gasteiger partial charge < -0.3 is 11.1 Å². The molecule has 0 bridgehead atoms. The summed E-state index contributed by atoms with van der Waals surface area (Å²) in [7, 11) is -3.70. The second-order valence-electron chi connectivity index (χ2n) is 8.56. The quantitative estimate of drug-likeness (QED) is 0.318. The van der Waals surface area contributed by atoms with Crippen LogP contribution in [0, 0.1) is 11.8 Å². The lowest BCUT2D eigenvalue weighted by Gasteiger charge is -2.21. The standard InChI is InChI=1S/C27H22N8O3S/c1-17(33-25-20(24(28)31-16-32-25)12-11-18-15-29-13-14-30-18)26-34-21-9-6-10-22(39(2,37)38)23(21)27(36)35(26)19-7-4-3-5-8-19/h3-10,13-17H,1-2H3,(H3,28,31,32,33). The molecule has 0 fully saturated rings. The number of sulfone groups is 1. The largest absolute Gasteiger partial charge is 0.382 e. The molecule has 12 heteroatoms. The Morgan fingerprint density at radius 2 is 1.79 bits per heavy atom. The number of nitrogens with two attached hydrogens (primary N) is 1. The second kappa shape index (κ2) is 10.3. The van der Waals surface area contributed by atoms with Crippen LogP contribution in [0.1, 0.15) is 30.0 Å². The Balaban J connectivity index is 1.67. The van der Waals surface area contributed by atoms with Gasteiger partial charge in [-0.3, -0.25) is 14.3 Å². The first kappa shape index (κ1) is 25.5. The van der Waals surface area contributed by atoms with E-state index in [0.717, 1.165) is 6.26 Å². The van der Waals surface area contributed by atoms with E-state index < -0.39 is 21.4 Å². The molecule has 0 saturated carbocycles. The van der Waals surface area contributed by atoms with Crippen molar-refractivity contribution in [2.24, 2.45) is 0 Å². The predicted molar refractivity (Wildman–Crippen MR) is 147 cm³/mol. The van der Waals surface area contributed by atoms with Crippen LogP contribution in [0.3, 0.4) is 0 Å². The zero-order chi connectivity index (χ0) is 27.6. The fourth-order valence-corrected chi connectivity index (χ4v) is 4.92. The van der Waals surface area contributed by atoms with Gasteiger partial charge in [0.15, 0.2) is 9.84 Å². The van der Waals surface area contributed by atoms with E-state index in [-0.39, 0.29) is 21.6 Å². The summed E-state index contributed by atoms with van der Waals surface area (Å²) in [6.07, 6.45) is 6.95. The number of hydrogen-bond donors (Lipinski definition) is 2. The first-order valence-corrected chi connectivity index (χ1v) is 13.6. The molecule has 0 radical (unpaired) electrons. The second-order valence-corrected chi connectivity index (χ2v) is 10.5. The van der Waals surface area contributed by atoms with Crippen LogP contribution >= 0.6 is 0 Å². The van der Waals surface area contributed by atoms with Crippen LogP contribution in [0.2, 0.25) is 0 Å². The molecule has 3 N–H and O–H groups in total. The van der Waals surface area contributed by atoms with Crippen LogP contribution in [0.4, 0.5) is 11.6 Å². The summed E-state index contributed by atoms with van der Waals surface area (Å²) < 4.78 is 26.4. The van der Waals surface area contributed by atoms with Gasteiger partial charge in [-0.1, -0.05) is 30.2 Å². The van der Waals surface area contributed by atoms with Crippen LogP contribution in [0.15, 0.2) is 83.1 Å². The molecule has 0 aliphatic carbocycles. The monoisotopic (exact) mass is 538 g/mol. The van der Waals surface area contributed by atoms with Crippen molar-refractivity contribution in [1.82, 2.24) is 29.5 Å². The van der Waals surface area contributed by atoms with Gasteiger partial charge in [-0.15, -0.1) is 0 Å². The van der Waals surface area contributed by atoms with Gasteiger partial charge >= 0.3 is 0 Å². The summed E-state index contributed by atoms with van der Waals surface area (Å²) in [5.41, 5.74) is 7.16. The molecule has 3 heterocycles. The van der Waals surface area contributed by atoms with Crippen molar-refractivity contribution < 1.29 is 8.42 Å². The summed E-state index contributed by atoms with van der Waals surface area (Å²) in [4.78, 5) is 35.1. The number of fused-ring (bicyclic) bond motifs is 1. The van der Waals surface area contributed by atoms with Crippen molar-refractivity contribution in [2.75, 3.05) is 17.3 Å². The van der Waals surface area contributed by atoms with Gasteiger partial charge in [-0.25, -0.2) is 28.4 Å². The highest BCUT2D eigenvalue weighted by Crippen LogP contribution is 2.26. The third kappa shape index (κ3) is 5.16. The summed E-state index contributed by atoms with van der Waals surface area (Å²) in [6.45, 7) is 1.80. The third-order valence-corrected chi connectivity index (χ3v) is 6.93. The van der Waals surface area contributed by atoms with Gasteiger partial charge in [0.2, 0.25) is 0 Å². The lowest BCUT2D eigenvalue weighted by Crippen LogP contribution is -2.28. The van der Waals surface area contributed by atoms with E-state index in [1.165, 1.54) is 29.4 Å². The molecule has 0 saturated heterocycles. The molecule has 0 spiro atoms. The molecule has 11 nitrogen and oxygen atoms in total. The van der Waals surface area contributed by atoms with Crippen molar-refractivity contribution in [3.63, 3.8) is 0 Å². The molecule has 1 atom stereocenters. The zero-order valence-corrected chi connectivity index (χ0v) is 21.7. The zero-order valence-electron chi connectivity index (χ0n) is 20.9. The predicted octanol–water partition coefficient (Wildman–Crippen LogP) is 2.52. The van der Waals surface area contributed by atoms with Crippen molar-refractivity contribution in [3.05, 3.63) is 101 Å². The Hall–Kier alpha value is -5.15. The number of para-hydroxylation sites is 1. The van der Waals surface area contributed by atoms with Crippen molar-refractivity contribution in [1.29, 1.82) is 0 Å². The molecule has 0 aliphatic rings. The van der Waals surface area contributed by atoms with Gasteiger partial charge in [0.25, 0.3) is 5.56 Å². The molecule has 39 heavy (non-hydrogen) atoms. The highest BCUT2D eigenvalue weighted by Gasteiger charge is 2.23. The lowest BCUT2D eigenvalue weighted by molar-refractivity contribution is 0.602. The number of aromatic nitrogens is 6. The minimum absolute atomic E-state index is 0.0154. The van der Waals surface area contributed by atoms with E-state index in [1.54, 1.807) is 49.5 Å². The molecule has 194 valence electrons. The number of nitrogens with zero attached hydrogens (tertiary/aromatic N) is 6. The topological polar surface area (TPSA) is 159 Å². The third-order valence-electron chi connectivity index (χ3n) is 5.80. The molecule has 1 unspecified atom stereocenters. The lowest BCUT2D eigenvalue weighted by atomic mass is 10.2. The van der Waals surface area contributed by atoms with Crippen LogP contribution in [-0.4, -0.2) is 44.2 Å². The van der Waals surface area contributed by atoms with Gasteiger partial charge in [-0.2, -0.15) is 0 Å². The normalized spacial score (nSPS) is 11.9. The van der Waals surface area contributed by atoms with E-state index in [1.807, 2.05) is 6.07 Å². The van der Waals surface area contributed by atoms with Crippen LogP contribution in [-0.2, 0) is 9.84 Å². The number of rotatable bonds is 5. The number of hydrogen-bond acceptors (Lipinski definition) is 10. The van der Waals surface area contributed by atoms with Crippen molar-refractivity contribution in [3.8, 4) is 17.5 Å². The average molecular weight is 539 g/mol. The Kier molecular flexibility index (Phi) is 6.74. The molecule has 5 rings (SSSR count). The van der Waals surface area contributed by atoms with E-state index in [9.17, 15) is 13.2 Å². The number of anilines is 2. The smallest absolute Gasteiger partial charge is 0.267 e. The van der Waals surface area contributed by atoms with E-state index in [0.29, 0.717) is 28.6 Å². The number of nitrogen functional groups attached to an aromatic ring is 1. The molecule has 0 aliphatic heterocycles. The highest BCUT2D eigenvalue weighted by atomic mass is 32.2. The summed E-state index contributed by atoms with van der Waals surface area (Å²) in [5, 5.41) is 3.26. The summed E-state index contributed by atoms with van der Waals surface area (Å²) >= 11 is 0. The van der Waals surface area contributed by atoms with E-state index in [2.05, 4.69) is 37.1 Å². The molecule has 0 amide bonds. The maximum Gasteiger partial charge on any atom is 0.267 e. The van der Waals surface area contributed by atoms with Gasteiger partial charge in [0.1, 0.15) is 35.0 Å². The van der Waals surface area contributed by atoms with Crippen molar-refractivity contribution in [2.45, 2.75) is 17.9 Å². The van der Waals surface area contributed by atoms with E-state index >= 15 is 0 Å². The van der Waals surface area contributed by atoms with Crippen LogP contribution in [0.5, 0.6) is 0 Å². The Morgan fingerprint density at radius 3 is 2.51 bits per heavy atom. The van der Waals surface area contributed by atoms with Gasteiger partial charge in [-0.05, 0) is 37.1 Å². The maximum absolute atomic E-state index is 13.9. The van der Waals surface area contributed by atoms with E-state index in [4.69, 9.17) is 10.7 Å². The Bertz CT molecular complexity index is 1920. The fraction of sp³-hybridized carbons (Fsp3) is 0.111. The summed E-state index contributed by atoms with van der Waals surface area (Å²) in [6, 6.07) is 12.8. The molecular formula is C27H22N8O3S. The highest BCUT2D eigenvalue weighted by molar-refractivity contribution is 7.91. The van der Waals surface area contributed by atoms with Crippen molar-refractivity contribution >= 4 is 32.4 Å². The fourth-order valence-electron chi connectivity index (χ4n) is 4.03. The van der Waals surface area contributed by atoms with Crippen LogP contribution in [0.25, 0.3) is 16.6 Å². The molecule has 2 aromatic carbocycles. The number of benzene rings is 2. The minimum atomic E-state index is -3.70. The molecule has 5 aromatic rings. The van der Waals surface area contributed by atoms with Crippen LogP contribution < -0.4 is 16.6 Å². The Labute approximate surface area is 223 Å². The number of nitrogens with one attached hydrogen (secondary N) is 1. The van der Waals surface area contributed by atoms with Gasteiger partial charge in [0, 0.05) is 18.6 Å². The Morgan fingerprint density at radius 1 is 1.00 bits per heavy atom. The maximum atomic E-state index is 13.9. The van der Waals surface area contributed by atoms with Gasteiger partial charge in [0.05, 0.1) is 33.7 Å².